The maximum Gasteiger partial charge on any atom is 0.117 e. The smallest absolute Gasteiger partial charge is 0.117 e. The molecule has 0 radical (unpaired) electrons. The molecular formula is C6H10O3. The lowest BCUT2D eigenvalue weighted by molar-refractivity contribution is -0.0900. The molecule has 2 fully saturated rings. The number of hydrogen-bond donors (Lipinski definition) is 1. The lowest BCUT2D eigenvalue weighted by atomic mass is 10.0. The zero-order valence-electron chi connectivity index (χ0n) is 6.04. The molecule has 0 aliphatic carbocycles. The molecule has 3 atom stereocenters. The lowest BCUT2D eigenvalue weighted by Crippen LogP contribution is -2.35. The molecule has 2 aliphatic heterocycles. The van der Waals surface area contributed by atoms with Crippen LogP contribution in [0.4, 0.5) is 0 Å². The summed E-state index contributed by atoms with van der Waals surface area (Å²) in [5.74, 6) is 0. The van der Waals surface area contributed by atoms with Crippen LogP contribution in [0.2, 0.25) is 0 Å². The van der Waals surface area contributed by atoms with Gasteiger partial charge in [0.1, 0.15) is 17.8 Å². The minimum absolute atomic E-state index is 0.0880. The first-order valence-electron chi connectivity index (χ1n) is 3.72. The standard InChI is InChI=1S/C6H10O3/c1-6-3-8-4(2-9-6)5(6)7/h4-5,7H,2-3H2,1H3/t4-,5-,6-/m0/s1/i1D. The topological polar surface area (TPSA) is 38.7 Å². The molecule has 2 bridgehead atoms. The van der Waals surface area contributed by atoms with Crippen molar-refractivity contribution in [3.8, 4) is 0 Å². The monoisotopic (exact) mass is 131 g/mol. The average Bonchev–Trinajstić information content (AvgIpc) is 2.46. The van der Waals surface area contributed by atoms with Crippen molar-refractivity contribution < 1.29 is 16.0 Å². The van der Waals surface area contributed by atoms with Gasteiger partial charge in [-0.1, -0.05) is 0 Å². The maximum atomic E-state index is 9.41. The van der Waals surface area contributed by atoms with Crippen LogP contribution in [0.15, 0.2) is 0 Å². The fourth-order valence-corrected chi connectivity index (χ4v) is 1.28. The summed E-state index contributed by atoms with van der Waals surface area (Å²) >= 11 is 0. The van der Waals surface area contributed by atoms with Crippen LogP contribution in [0.25, 0.3) is 0 Å². The van der Waals surface area contributed by atoms with Gasteiger partial charge in [0.2, 0.25) is 0 Å². The predicted molar refractivity (Wildman–Crippen MR) is 30.1 cm³/mol. The first-order valence-corrected chi connectivity index (χ1v) is 3.01. The second kappa shape index (κ2) is 1.48. The summed E-state index contributed by atoms with van der Waals surface area (Å²) in [4.78, 5) is 0. The quantitative estimate of drug-likeness (QED) is 0.483. The van der Waals surface area contributed by atoms with Gasteiger partial charge in [-0.3, -0.25) is 0 Å². The lowest BCUT2D eigenvalue weighted by Gasteiger charge is -2.20. The van der Waals surface area contributed by atoms with Crippen molar-refractivity contribution in [1.29, 1.82) is 0 Å². The number of hydrogen-bond acceptors (Lipinski definition) is 3. The van der Waals surface area contributed by atoms with Crippen LogP contribution in [0.5, 0.6) is 0 Å². The van der Waals surface area contributed by atoms with E-state index < -0.39 is 11.7 Å². The van der Waals surface area contributed by atoms with Crippen molar-refractivity contribution in [2.75, 3.05) is 13.2 Å². The molecule has 3 nitrogen and oxygen atoms in total. The number of aliphatic hydroxyl groups is 1. The van der Waals surface area contributed by atoms with E-state index in [-0.39, 0.29) is 13.0 Å². The van der Waals surface area contributed by atoms with Gasteiger partial charge in [-0.25, -0.2) is 0 Å². The van der Waals surface area contributed by atoms with Crippen LogP contribution in [-0.2, 0) is 9.47 Å². The first-order chi connectivity index (χ1) is 4.78. The summed E-state index contributed by atoms with van der Waals surface area (Å²) in [6.45, 7) is 0.910. The van der Waals surface area contributed by atoms with Gasteiger partial charge in [0, 0.05) is 1.37 Å². The van der Waals surface area contributed by atoms with E-state index in [0.717, 1.165) is 0 Å². The molecule has 0 aromatic rings. The van der Waals surface area contributed by atoms with Gasteiger partial charge in [-0.05, 0) is 6.90 Å². The minimum atomic E-state index is -0.690. The van der Waals surface area contributed by atoms with Crippen molar-refractivity contribution in [1.82, 2.24) is 0 Å². The van der Waals surface area contributed by atoms with Gasteiger partial charge < -0.3 is 14.6 Å². The van der Waals surface area contributed by atoms with Gasteiger partial charge in [-0.2, -0.15) is 0 Å². The Bertz CT molecular complexity index is 142. The van der Waals surface area contributed by atoms with Crippen molar-refractivity contribution in [3.05, 3.63) is 0 Å². The highest BCUT2D eigenvalue weighted by molar-refractivity contribution is 5.00. The summed E-state index contributed by atoms with van der Waals surface area (Å²) in [6.07, 6.45) is -0.754. The van der Waals surface area contributed by atoms with Crippen molar-refractivity contribution >= 4 is 0 Å². The second-order valence-electron chi connectivity index (χ2n) is 2.67. The fourth-order valence-electron chi connectivity index (χ4n) is 1.28. The van der Waals surface area contributed by atoms with Crippen LogP contribution >= 0.6 is 0 Å². The molecule has 2 heterocycles. The summed E-state index contributed by atoms with van der Waals surface area (Å²) in [5.41, 5.74) is -0.690. The molecule has 52 valence electrons. The third-order valence-corrected chi connectivity index (χ3v) is 1.97. The van der Waals surface area contributed by atoms with Crippen molar-refractivity contribution in [3.63, 3.8) is 0 Å². The fraction of sp³-hybridized carbons (Fsp3) is 1.00. The Balaban J connectivity index is 2.22. The largest absolute Gasteiger partial charge is 0.387 e. The zero-order valence-corrected chi connectivity index (χ0v) is 5.04. The van der Waals surface area contributed by atoms with E-state index in [0.29, 0.717) is 13.2 Å². The highest BCUT2D eigenvalue weighted by Crippen LogP contribution is 2.34. The molecule has 1 N–H and O–H groups in total. The minimum Gasteiger partial charge on any atom is -0.387 e. The Kier molecular flexibility index (Phi) is 0.766. The van der Waals surface area contributed by atoms with Crippen LogP contribution < -0.4 is 0 Å². The summed E-state index contributed by atoms with van der Waals surface area (Å²) in [6, 6.07) is 0. The second-order valence-corrected chi connectivity index (χ2v) is 2.67. The Morgan fingerprint density at radius 1 is 1.89 bits per heavy atom. The normalized spacial score (nSPS) is 58.1. The van der Waals surface area contributed by atoms with E-state index in [1.165, 1.54) is 0 Å². The average molecular weight is 131 g/mol. The van der Waals surface area contributed by atoms with E-state index in [1.807, 2.05) is 0 Å². The molecule has 0 saturated carbocycles. The van der Waals surface area contributed by atoms with E-state index in [9.17, 15) is 5.11 Å². The van der Waals surface area contributed by atoms with Crippen LogP contribution in [0.3, 0.4) is 0 Å². The third kappa shape index (κ3) is 0.569. The summed E-state index contributed by atoms with van der Waals surface area (Å²) < 4.78 is 17.5. The SMILES string of the molecule is [2H]C[C@@]12CO[C@@H](CO1)[C@@H]2O. The Hall–Kier alpha value is -0.120. The van der Waals surface area contributed by atoms with Crippen molar-refractivity contribution in [2.24, 2.45) is 0 Å². The highest BCUT2D eigenvalue weighted by atomic mass is 16.6. The molecule has 2 saturated heterocycles. The molecule has 2 rings (SSSR count). The molecule has 0 unspecified atom stereocenters. The van der Waals surface area contributed by atoms with Gasteiger partial charge in [0.05, 0.1) is 13.2 Å². The number of ether oxygens (including phenoxy) is 2. The molecule has 0 spiro atoms. The highest BCUT2D eigenvalue weighted by Gasteiger charge is 2.52. The molecule has 2 aliphatic rings. The zero-order chi connectivity index (χ0) is 7.19. The third-order valence-electron chi connectivity index (χ3n) is 1.97. The number of aliphatic hydroxyl groups excluding tert-OH is 1. The van der Waals surface area contributed by atoms with Crippen LogP contribution in [0, 0.1) is 0 Å². The molecule has 0 aromatic carbocycles. The molecule has 9 heavy (non-hydrogen) atoms. The summed E-state index contributed by atoms with van der Waals surface area (Å²) in [5, 5.41) is 9.41. The Morgan fingerprint density at radius 2 is 2.78 bits per heavy atom. The van der Waals surface area contributed by atoms with E-state index in [4.69, 9.17) is 10.8 Å². The van der Waals surface area contributed by atoms with Gasteiger partial charge in [0.25, 0.3) is 0 Å². The van der Waals surface area contributed by atoms with E-state index in [2.05, 4.69) is 0 Å². The van der Waals surface area contributed by atoms with Crippen molar-refractivity contribution in [2.45, 2.75) is 24.7 Å². The predicted octanol–water partition coefficient (Wildman–Crippen LogP) is -0.465. The number of rotatable bonds is 0. The van der Waals surface area contributed by atoms with Gasteiger partial charge in [-0.15, -0.1) is 0 Å². The van der Waals surface area contributed by atoms with E-state index in [1.54, 1.807) is 0 Å². The molecule has 3 heteroatoms. The first kappa shape index (κ1) is 4.66. The van der Waals surface area contributed by atoms with E-state index >= 15 is 0 Å². The Labute approximate surface area is 55.0 Å². The Morgan fingerprint density at radius 3 is 3.00 bits per heavy atom. The van der Waals surface area contributed by atoms with Crippen LogP contribution in [-0.4, -0.2) is 36.1 Å². The number of fused-ring (bicyclic) bond motifs is 2. The maximum absolute atomic E-state index is 9.41. The van der Waals surface area contributed by atoms with Crippen LogP contribution in [0.1, 0.15) is 8.27 Å². The molecule has 0 amide bonds. The molecule has 0 aromatic heterocycles. The van der Waals surface area contributed by atoms with Gasteiger partial charge >= 0.3 is 0 Å². The molecular weight excluding hydrogens is 120 g/mol. The summed E-state index contributed by atoms with van der Waals surface area (Å²) in [7, 11) is 0. The van der Waals surface area contributed by atoms with Gasteiger partial charge in [0.15, 0.2) is 0 Å².